The van der Waals surface area contributed by atoms with E-state index in [2.05, 4.69) is 25.9 Å². The molecule has 1 N–H and O–H groups in total. The zero-order valence-electron chi connectivity index (χ0n) is 13.7. The molecule has 3 rings (SSSR count). The Kier molecular flexibility index (Phi) is 5.21. The van der Waals surface area contributed by atoms with Crippen molar-refractivity contribution in [1.82, 2.24) is 25.6 Å². The first kappa shape index (κ1) is 17.8. The Bertz CT molecular complexity index is 1000. The van der Waals surface area contributed by atoms with Gasteiger partial charge in [0.15, 0.2) is 0 Å². The number of carbonyl (C=O) groups is 1. The molecule has 27 heavy (non-hydrogen) atoms. The number of carbonyl (C=O) groups excluding carboxylic acids is 1. The number of rotatable bonds is 6. The molecular weight excluding hydrogens is 357 g/mol. The van der Waals surface area contributed by atoms with E-state index in [4.69, 9.17) is 0 Å². The van der Waals surface area contributed by atoms with Gasteiger partial charge in [-0.3, -0.25) is 14.9 Å². The summed E-state index contributed by atoms with van der Waals surface area (Å²) in [4.78, 5) is 23.3. The topological polar surface area (TPSA) is 128 Å². The van der Waals surface area contributed by atoms with Crippen molar-refractivity contribution < 1.29 is 14.1 Å². The number of para-hydroxylation sites is 1. The van der Waals surface area contributed by atoms with Gasteiger partial charge >= 0.3 is 0 Å². The van der Waals surface area contributed by atoms with Gasteiger partial charge in [0.05, 0.1) is 16.7 Å². The van der Waals surface area contributed by atoms with Crippen LogP contribution in [-0.2, 0) is 11.3 Å². The first-order valence-corrected chi connectivity index (χ1v) is 7.62. The molecule has 1 amide bonds. The molecule has 0 aliphatic carbocycles. The number of halogens is 1. The number of hydrazone groups is 1. The molecule has 1 heterocycles. The molecule has 0 aliphatic heterocycles. The maximum Gasteiger partial charge on any atom is 0.278 e. The van der Waals surface area contributed by atoms with Crippen LogP contribution < -0.4 is 5.43 Å². The Hall–Kier alpha value is -4.02. The minimum Gasteiger partial charge on any atom is -0.271 e. The summed E-state index contributed by atoms with van der Waals surface area (Å²) in [6, 6.07) is 11.5. The number of nitrogens with one attached hydrogen (secondary N) is 1. The van der Waals surface area contributed by atoms with Crippen LogP contribution in [0.2, 0.25) is 0 Å². The van der Waals surface area contributed by atoms with Crippen molar-refractivity contribution in [3.63, 3.8) is 0 Å². The van der Waals surface area contributed by atoms with Gasteiger partial charge in [-0.2, -0.15) is 9.90 Å². The smallest absolute Gasteiger partial charge is 0.271 e. The van der Waals surface area contributed by atoms with Gasteiger partial charge < -0.3 is 0 Å². The van der Waals surface area contributed by atoms with Crippen LogP contribution in [0.3, 0.4) is 0 Å². The van der Waals surface area contributed by atoms with Crippen LogP contribution in [0.1, 0.15) is 5.56 Å². The van der Waals surface area contributed by atoms with Crippen LogP contribution in [0.4, 0.5) is 10.1 Å². The molecule has 11 heteroatoms. The monoisotopic (exact) mass is 369 g/mol. The second-order valence-corrected chi connectivity index (χ2v) is 5.26. The van der Waals surface area contributed by atoms with E-state index in [9.17, 15) is 19.3 Å². The second kappa shape index (κ2) is 7.91. The minimum atomic E-state index is -0.548. The highest BCUT2D eigenvalue weighted by atomic mass is 19.1. The maximum absolute atomic E-state index is 12.9. The lowest BCUT2D eigenvalue weighted by molar-refractivity contribution is -0.385. The Labute approximate surface area is 151 Å². The molecule has 3 aromatic rings. The van der Waals surface area contributed by atoms with Crippen molar-refractivity contribution in [3.05, 3.63) is 70.0 Å². The zero-order valence-corrected chi connectivity index (χ0v) is 13.7. The van der Waals surface area contributed by atoms with Crippen LogP contribution in [-0.4, -0.2) is 37.3 Å². The molecule has 0 saturated carbocycles. The predicted molar refractivity (Wildman–Crippen MR) is 92.0 cm³/mol. The van der Waals surface area contributed by atoms with Gasteiger partial charge in [-0.25, -0.2) is 9.82 Å². The quantitative estimate of drug-likeness (QED) is 0.399. The second-order valence-electron chi connectivity index (χ2n) is 5.26. The first-order valence-electron chi connectivity index (χ1n) is 7.62. The first-order chi connectivity index (χ1) is 13.0. The summed E-state index contributed by atoms with van der Waals surface area (Å²) in [5, 5.41) is 26.2. The summed E-state index contributed by atoms with van der Waals surface area (Å²) < 4.78 is 12.9. The van der Waals surface area contributed by atoms with E-state index < -0.39 is 10.8 Å². The number of nitrogens with zero attached hydrogens (tertiary/aromatic N) is 6. The van der Waals surface area contributed by atoms with E-state index in [0.717, 1.165) is 4.80 Å². The van der Waals surface area contributed by atoms with Crippen molar-refractivity contribution in [2.24, 2.45) is 5.10 Å². The summed E-state index contributed by atoms with van der Waals surface area (Å²) in [6.07, 6.45) is 1.18. The third-order valence-electron chi connectivity index (χ3n) is 3.37. The van der Waals surface area contributed by atoms with E-state index in [1.807, 2.05) is 0 Å². The third kappa shape index (κ3) is 4.54. The van der Waals surface area contributed by atoms with Crippen molar-refractivity contribution in [3.8, 4) is 11.4 Å². The van der Waals surface area contributed by atoms with Gasteiger partial charge in [0.2, 0.25) is 5.82 Å². The fourth-order valence-electron chi connectivity index (χ4n) is 2.13. The molecule has 10 nitrogen and oxygen atoms in total. The van der Waals surface area contributed by atoms with E-state index in [1.165, 1.54) is 48.7 Å². The van der Waals surface area contributed by atoms with Crippen LogP contribution in [0.5, 0.6) is 0 Å². The van der Waals surface area contributed by atoms with Crippen molar-refractivity contribution in [2.45, 2.75) is 6.54 Å². The Morgan fingerprint density at radius 3 is 2.74 bits per heavy atom. The SMILES string of the molecule is O=C(Cn1nnc(-c2ccc(F)cc2)n1)N/N=C\c1ccccc1[N+](=O)[O-]. The summed E-state index contributed by atoms with van der Waals surface area (Å²) in [5.74, 6) is -0.693. The normalized spacial score (nSPS) is 10.9. The molecule has 136 valence electrons. The molecule has 0 saturated heterocycles. The Morgan fingerprint density at radius 1 is 1.26 bits per heavy atom. The molecular formula is C16H12FN7O3. The zero-order chi connectivity index (χ0) is 19.2. The average Bonchev–Trinajstić information content (AvgIpc) is 3.11. The molecule has 0 radical (unpaired) electrons. The van der Waals surface area contributed by atoms with E-state index >= 15 is 0 Å². The number of benzene rings is 2. The number of tetrazole rings is 1. The maximum atomic E-state index is 12.9. The molecule has 2 aromatic carbocycles. The molecule has 0 unspecified atom stereocenters. The van der Waals surface area contributed by atoms with Crippen LogP contribution >= 0.6 is 0 Å². The standard InChI is InChI=1S/C16H12FN7O3/c17-13-7-5-11(6-8-13)16-20-22-23(21-16)10-15(25)19-18-9-12-3-1-2-4-14(12)24(26)27/h1-9H,10H2,(H,19,25)/b18-9-. The van der Waals surface area contributed by atoms with Crippen LogP contribution in [0.15, 0.2) is 53.6 Å². The average molecular weight is 369 g/mol. The number of nitro benzene ring substituents is 1. The number of nitro groups is 1. The van der Waals surface area contributed by atoms with Crippen molar-refractivity contribution in [2.75, 3.05) is 0 Å². The third-order valence-corrected chi connectivity index (χ3v) is 3.37. The van der Waals surface area contributed by atoms with Crippen LogP contribution in [0.25, 0.3) is 11.4 Å². The van der Waals surface area contributed by atoms with Gasteiger partial charge in [-0.1, -0.05) is 12.1 Å². The predicted octanol–water partition coefficient (Wildman–Crippen LogP) is 1.54. The molecule has 0 bridgehead atoms. The fraction of sp³-hybridized carbons (Fsp3) is 0.0625. The Balaban J connectivity index is 1.60. The van der Waals surface area contributed by atoms with Crippen LogP contribution in [0, 0.1) is 15.9 Å². The highest BCUT2D eigenvalue weighted by molar-refractivity contribution is 5.86. The lowest BCUT2D eigenvalue weighted by Gasteiger charge is -1.99. The molecule has 0 spiro atoms. The molecule has 0 atom stereocenters. The van der Waals surface area contributed by atoms with Crippen molar-refractivity contribution >= 4 is 17.8 Å². The van der Waals surface area contributed by atoms with Gasteiger partial charge in [0, 0.05) is 11.6 Å². The lowest BCUT2D eigenvalue weighted by Crippen LogP contribution is -2.24. The number of hydrogen-bond acceptors (Lipinski definition) is 7. The highest BCUT2D eigenvalue weighted by Crippen LogP contribution is 2.15. The van der Waals surface area contributed by atoms with Gasteiger partial charge in [0.1, 0.15) is 12.4 Å². The summed E-state index contributed by atoms with van der Waals surface area (Å²) in [7, 11) is 0. The van der Waals surface area contributed by atoms with E-state index in [0.29, 0.717) is 5.56 Å². The lowest BCUT2D eigenvalue weighted by atomic mass is 10.2. The largest absolute Gasteiger partial charge is 0.278 e. The molecule has 1 aromatic heterocycles. The Morgan fingerprint density at radius 2 is 2.00 bits per heavy atom. The highest BCUT2D eigenvalue weighted by Gasteiger charge is 2.11. The fourth-order valence-corrected chi connectivity index (χ4v) is 2.13. The van der Waals surface area contributed by atoms with Gasteiger partial charge in [-0.05, 0) is 35.5 Å². The summed E-state index contributed by atoms with van der Waals surface area (Å²) in [6.45, 7) is -0.261. The van der Waals surface area contributed by atoms with Gasteiger partial charge in [-0.15, -0.1) is 10.2 Å². The minimum absolute atomic E-state index is 0.127. The molecule has 0 fully saturated rings. The number of hydrogen-bond donors (Lipinski definition) is 1. The number of amides is 1. The van der Waals surface area contributed by atoms with E-state index in [1.54, 1.807) is 6.07 Å². The van der Waals surface area contributed by atoms with Gasteiger partial charge in [0.25, 0.3) is 11.6 Å². The summed E-state index contributed by atoms with van der Waals surface area (Å²) >= 11 is 0. The van der Waals surface area contributed by atoms with Crippen molar-refractivity contribution in [1.29, 1.82) is 0 Å². The number of aromatic nitrogens is 4. The summed E-state index contributed by atoms with van der Waals surface area (Å²) in [5.41, 5.74) is 2.91. The van der Waals surface area contributed by atoms with E-state index in [-0.39, 0.29) is 29.4 Å². The molecule has 0 aliphatic rings.